The van der Waals surface area contributed by atoms with E-state index in [1.807, 2.05) is 6.92 Å². The van der Waals surface area contributed by atoms with Gasteiger partial charge in [-0.1, -0.05) is 5.16 Å². The molecule has 1 saturated carbocycles. The van der Waals surface area contributed by atoms with Crippen molar-refractivity contribution >= 4 is 11.7 Å². The van der Waals surface area contributed by atoms with E-state index >= 15 is 0 Å². The Balaban J connectivity index is 1.99. The van der Waals surface area contributed by atoms with Crippen LogP contribution in [0.5, 0.6) is 0 Å². The van der Waals surface area contributed by atoms with E-state index in [-0.39, 0.29) is 11.7 Å². The van der Waals surface area contributed by atoms with Crippen molar-refractivity contribution in [3.05, 3.63) is 0 Å². The highest BCUT2D eigenvalue weighted by Gasteiger charge is 2.30. The maximum Gasteiger partial charge on any atom is 0.220 e. The largest absolute Gasteiger partial charge is 0.409 e. The smallest absolute Gasteiger partial charge is 0.220 e. The number of oxime groups is 1. The summed E-state index contributed by atoms with van der Waals surface area (Å²) in [4.78, 5) is 11.6. The molecule has 0 saturated heterocycles. The number of carbonyl (C=O) groups is 1. The molecule has 0 spiro atoms. The second kappa shape index (κ2) is 7.92. The molecule has 1 amide bonds. The summed E-state index contributed by atoms with van der Waals surface area (Å²) in [6, 6.07) is 0. The van der Waals surface area contributed by atoms with Crippen LogP contribution in [0, 0.1) is 5.92 Å². The van der Waals surface area contributed by atoms with E-state index in [0.717, 1.165) is 19.4 Å². The van der Waals surface area contributed by atoms with Crippen LogP contribution in [0.25, 0.3) is 0 Å². The van der Waals surface area contributed by atoms with E-state index < -0.39 is 0 Å². The first-order valence-corrected chi connectivity index (χ1v) is 6.50. The third-order valence-electron chi connectivity index (χ3n) is 3.13. The van der Waals surface area contributed by atoms with E-state index in [9.17, 15) is 4.79 Å². The Hall–Kier alpha value is -1.30. The van der Waals surface area contributed by atoms with Crippen LogP contribution in [0.4, 0.5) is 0 Å². The van der Waals surface area contributed by atoms with E-state index in [0.29, 0.717) is 37.8 Å². The number of ether oxygens (including phenoxy) is 1. The van der Waals surface area contributed by atoms with Gasteiger partial charge in [0.05, 0.1) is 6.10 Å². The van der Waals surface area contributed by atoms with Gasteiger partial charge in [-0.3, -0.25) is 4.79 Å². The first kappa shape index (κ1) is 14.8. The predicted molar refractivity (Wildman–Crippen MR) is 68.4 cm³/mol. The molecule has 0 atom stereocenters. The molecule has 1 fully saturated rings. The van der Waals surface area contributed by atoms with Crippen LogP contribution in [0.1, 0.15) is 39.0 Å². The number of hydrogen-bond donors (Lipinski definition) is 3. The van der Waals surface area contributed by atoms with Crippen molar-refractivity contribution in [2.75, 3.05) is 13.2 Å². The topological polar surface area (TPSA) is 96.9 Å². The average Bonchev–Trinajstić information content (AvgIpc) is 2.31. The maximum atomic E-state index is 11.6. The molecule has 6 heteroatoms. The SMILES string of the molecule is CCOC1CC(CC(=O)NCCCC(N)=NO)C1. The molecule has 18 heavy (non-hydrogen) atoms. The fraction of sp³-hybridized carbons (Fsp3) is 0.833. The van der Waals surface area contributed by atoms with Crippen LogP contribution >= 0.6 is 0 Å². The second-order valence-electron chi connectivity index (χ2n) is 4.66. The Morgan fingerprint density at radius 3 is 2.89 bits per heavy atom. The van der Waals surface area contributed by atoms with E-state index in [1.54, 1.807) is 0 Å². The summed E-state index contributed by atoms with van der Waals surface area (Å²) in [7, 11) is 0. The number of hydrogen-bond acceptors (Lipinski definition) is 4. The van der Waals surface area contributed by atoms with Crippen molar-refractivity contribution in [2.45, 2.75) is 45.1 Å². The van der Waals surface area contributed by atoms with Crippen LogP contribution in [0.2, 0.25) is 0 Å². The zero-order valence-electron chi connectivity index (χ0n) is 10.9. The highest BCUT2D eigenvalue weighted by atomic mass is 16.5. The van der Waals surface area contributed by atoms with E-state index in [1.165, 1.54) is 0 Å². The number of nitrogens with two attached hydrogens (primary N) is 1. The zero-order chi connectivity index (χ0) is 13.4. The lowest BCUT2D eigenvalue weighted by Crippen LogP contribution is -2.36. The quantitative estimate of drug-likeness (QED) is 0.197. The van der Waals surface area contributed by atoms with Crippen LogP contribution in [-0.4, -0.2) is 36.2 Å². The Morgan fingerprint density at radius 2 is 2.28 bits per heavy atom. The predicted octanol–water partition coefficient (Wildman–Crippen LogP) is 0.834. The molecule has 0 heterocycles. The fourth-order valence-corrected chi connectivity index (χ4v) is 2.09. The van der Waals surface area contributed by atoms with Crippen molar-refractivity contribution in [2.24, 2.45) is 16.8 Å². The summed E-state index contributed by atoms with van der Waals surface area (Å²) in [6.07, 6.45) is 4.10. The molecule has 4 N–H and O–H groups in total. The number of amidine groups is 1. The molecule has 0 aliphatic heterocycles. The van der Waals surface area contributed by atoms with Gasteiger partial charge in [0, 0.05) is 26.0 Å². The van der Waals surface area contributed by atoms with Crippen molar-refractivity contribution in [1.29, 1.82) is 0 Å². The number of nitrogens with one attached hydrogen (secondary N) is 1. The van der Waals surface area contributed by atoms with Crippen molar-refractivity contribution in [3.63, 3.8) is 0 Å². The molecule has 0 bridgehead atoms. The highest BCUT2D eigenvalue weighted by molar-refractivity contribution is 5.79. The molecule has 0 aromatic carbocycles. The molecule has 1 rings (SSSR count). The summed E-state index contributed by atoms with van der Waals surface area (Å²) in [6.45, 7) is 3.30. The fourth-order valence-electron chi connectivity index (χ4n) is 2.09. The average molecular weight is 257 g/mol. The molecule has 0 aromatic rings. The molecule has 1 aliphatic carbocycles. The third kappa shape index (κ3) is 5.35. The zero-order valence-corrected chi connectivity index (χ0v) is 10.9. The second-order valence-corrected chi connectivity index (χ2v) is 4.66. The molecule has 0 radical (unpaired) electrons. The highest BCUT2D eigenvalue weighted by Crippen LogP contribution is 2.32. The van der Waals surface area contributed by atoms with E-state index in [4.69, 9.17) is 15.7 Å². The van der Waals surface area contributed by atoms with E-state index in [2.05, 4.69) is 10.5 Å². The molecular formula is C12H23N3O3. The van der Waals surface area contributed by atoms with Crippen LogP contribution in [-0.2, 0) is 9.53 Å². The van der Waals surface area contributed by atoms with Crippen molar-refractivity contribution in [3.8, 4) is 0 Å². The molecule has 1 aliphatic rings. The normalized spacial score (nSPS) is 23.5. The first-order valence-electron chi connectivity index (χ1n) is 6.50. The summed E-state index contributed by atoms with van der Waals surface area (Å²) < 4.78 is 5.44. The summed E-state index contributed by atoms with van der Waals surface area (Å²) in [5, 5.41) is 14.0. The van der Waals surface area contributed by atoms with Crippen LogP contribution < -0.4 is 11.1 Å². The Labute approximate surface area is 108 Å². The van der Waals surface area contributed by atoms with Gasteiger partial charge in [-0.05, 0) is 32.1 Å². The van der Waals surface area contributed by atoms with Crippen LogP contribution in [0.15, 0.2) is 5.16 Å². The third-order valence-corrected chi connectivity index (χ3v) is 3.13. The number of nitrogens with zero attached hydrogens (tertiary/aromatic N) is 1. The van der Waals surface area contributed by atoms with Gasteiger partial charge in [-0.15, -0.1) is 0 Å². The lowest BCUT2D eigenvalue weighted by atomic mass is 9.80. The molecular weight excluding hydrogens is 234 g/mol. The van der Waals surface area contributed by atoms with Gasteiger partial charge >= 0.3 is 0 Å². The maximum absolute atomic E-state index is 11.6. The number of carbonyl (C=O) groups excluding carboxylic acids is 1. The monoisotopic (exact) mass is 257 g/mol. The molecule has 0 aromatic heterocycles. The summed E-state index contributed by atoms with van der Waals surface area (Å²) >= 11 is 0. The van der Waals surface area contributed by atoms with Crippen molar-refractivity contribution in [1.82, 2.24) is 5.32 Å². The Bertz CT molecular complexity index is 288. The number of amides is 1. The van der Waals surface area contributed by atoms with Gasteiger partial charge in [0.2, 0.25) is 5.91 Å². The molecule has 0 unspecified atom stereocenters. The minimum atomic E-state index is 0.0782. The molecule has 6 nitrogen and oxygen atoms in total. The first-order chi connectivity index (χ1) is 8.65. The minimum absolute atomic E-state index is 0.0782. The standard InChI is InChI=1S/C12H23N3O3/c1-2-18-10-6-9(7-10)8-12(16)14-5-3-4-11(13)15-17/h9-10,17H,2-8H2,1H3,(H2,13,15)(H,14,16). The van der Waals surface area contributed by atoms with Gasteiger partial charge in [0.25, 0.3) is 0 Å². The summed E-state index contributed by atoms with van der Waals surface area (Å²) in [5.74, 6) is 0.739. The van der Waals surface area contributed by atoms with Gasteiger partial charge in [0.1, 0.15) is 5.84 Å². The summed E-state index contributed by atoms with van der Waals surface area (Å²) in [5.41, 5.74) is 5.32. The minimum Gasteiger partial charge on any atom is -0.409 e. The Morgan fingerprint density at radius 1 is 1.56 bits per heavy atom. The van der Waals surface area contributed by atoms with Crippen LogP contribution in [0.3, 0.4) is 0 Å². The lowest BCUT2D eigenvalue weighted by Gasteiger charge is -2.34. The van der Waals surface area contributed by atoms with Crippen molar-refractivity contribution < 1.29 is 14.7 Å². The number of rotatable bonds is 8. The van der Waals surface area contributed by atoms with Gasteiger partial charge in [0.15, 0.2) is 0 Å². The van der Waals surface area contributed by atoms with Gasteiger partial charge < -0.3 is 21.0 Å². The van der Waals surface area contributed by atoms with Gasteiger partial charge in [-0.25, -0.2) is 0 Å². The lowest BCUT2D eigenvalue weighted by molar-refractivity contribution is -0.124. The Kier molecular flexibility index (Phi) is 6.49. The van der Waals surface area contributed by atoms with Gasteiger partial charge in [-0.2, -0.15) is 0 Å². The molecule has 104 valence electrons.